The summed E-state index contributed by atoms with van der Waals surface area (Å²) in [5, 5.41) is 0. The summed E-state index contributed by atoms with van der Waals surface area (Å²) < 4.78 is 29.5. The Kier molecular flexibility index (Phi) is 21.4. The molecule has 0 aliphatic rings. The smallest absolute Gasteiger partial charge is 1.00 e. The van der Waals surface area contributed by atoms with E-state index >= 15 is 0 Å². The molecular weight excluding hydrogens is 319 g/mol. The van der Waals surface area contributed by atoms with Crippen LogP contribution in [0.4, 0.5) is 0 Å². The van der Waals surface area contributed by atoms with Gasteiger partial charge in [-0.25, -0.2) is 0 Å². The fraction of sp³-hybridized carbons (Fsp3) is 0.889. The van der Waals surface area contributed by atoms with Crippen molar-refractivity contribution in [1.82, 2.24) is 0 Å². The molecule has 0 radical (unpaired) electrons. The van der Waals surface area contributed by atoms with Crippen molar-refractivity contribution >= 4 is 10.1 Å². The fourth-order valence-electron chi connectivity index (χ4n) is 2.59. The molecule has 0 saturated carbocycles. The third-order valence-corrected chi connectivity index (χ3v) is 4.56. The Morgan fingerprint density at radius 1 is 0.739 bits per heavy atom. The van der Waals surface area contributed by atoms with Crippen molar-refractivity contribution in [1.29, 1.82) is 0 Å². The molecule has 0 rings (SSSR count). The summed E-state index contributed by atoms with van der Waals surface area (Å²) in [6.45, 7) is 2.26. The maximum atomic E-state index is 10.5. The van der Waals surface area contributed by atoms with Crippen LogP contribution >= 0.6 is 0 Å². The van der Waals surface area contributed by atoms with Gasteiger partial charge in [0.2, 0.25) is 0 Å². The first-order valence-electron chi connectivity index (χ1n) is 9.16. The maximum Gasteiger partial charge on any atom is 1.00 e. The molecule has 0 aromatic carbocycles. The maximum absolute atomic E-state index is 10.5. The van der Waals surface area contributed by atoms with Crippen LogP contribution in [0.5, 0.6) is 0 Å². The molecule has 23 heavy (non-hydrogen) atoms. The van der Waals surface area contributed by atoms with Gasteiger partial charge in [-0.3, -0.25) is 4.55 Å². The standard InChI is InChI=1S/C18H36O3S.Na.H/c1-2-3-4-5-6-7-8-9-10-11-12-13-14-15-16-17-18-22(19,20)21;;/h16-17H,2-15,18H2,1H3,(H,19,20,21);;/q;+1;-1. The molecular formula is C18H37NaO3S. The van der Waals surface area contributed by atoms with Crippen LogP contribution in [-0.2, 0) is 10.1 Å². The van der Waals surface area contributed by atoms with E-state index in [1.165, 1.54) is 83.1 Å². The van der Waals surface area contributed by atoms with Crippen molar-refractivity contribution < 1.29 is 44.0 Å². The quantitative estimate of drug-likeness (QED) is 0.200. The topological polar surface area (TPSA) is 54.4 Å². The van der Waals surface area contributed by atoms with Gasteiger partial charge in [-0.2, -0.15) is 8.42 Å². The van der Waals surface area contributed by atoms with Crippen LogP contribution in [0.3, 0.4) is 0 Å². The number of hydrogen-bond acceptors (Lipinski definition) is 2. The van der Waals surface area contributed by atoms with Crippen LogP contribution in [0.2, 0.25) is 0 Å². The van der Waals surface area contributed by atoms with E-state index in [1.54, 1.807) is 0 Å². The van der Waals surface area contributed by atoms with E-state index in [-0.39, 0.29) is 36.7 Å². The van der Waals surface area contributed by atoms with Crippen LogP contribution in [0, 0.1) is 0 Å². The van der Waals surface area contributed by atoms with Gasteiger partial charge in [0.05, 0.1) is 5.75 Å². The summed E-state index contributed by atoms with van der Waals surface area (Å²) in [4.78, 5) is 0. The first-order chi connectivity index (χ1) is 10.6. The minimum absolute atomic E-state index is 0. The van der Waals surface area contributed by atoms with Gasteiger partial charge >= 0.3 is 29.6 Å². The van der Waals surface area contributed by atoms with E-state index in [0.717, 1.165) is 12.8 Å². The summed E-state index contributed by atoms with van der Waals surface area (Å²) in [5.74, 6) is -0.258. The Morgan fingerprint density at radius 3 is 1.52 bits per heavy atom. The van der Waals surface area contributed by atoms with Gasteiger partial charge in [0, 0.05) is 0 Å². The van der Waals surface area contributed by atoms with Crippen molar-refractivity contribution in [2.75, 3.05) is 5.75 Å². The third kappa shape index (κ3) is 25.0. The predicted octanol–water partition coefficient (Wildman–Crippen LogP) is 3.03. The second-order valence-corrected chi connectivity index (χ2v) is 7.75. The van der Waals surface area contributed by atoms with Gasteiger partial charge in [-0.15, -0.1) is 0 Å². The molecule has 0 amide bonds. The molecule has 0 aromatic rings. The summed E-state index contributed by atoms with van der Waals surface area (Å²) in [6, 6.07) is 0. The Balaban J connectivity index is -0.00000220. The summed E-state index contributed by atoms with van der Waals surface area (Å²) in [5.41, 5.74) is 0. The number of rotatable bonds is 16. The molecule has 0 spiro atoms. The van der Waals surface area contributed by atoms with E-state index in [1.807, 2.05) is 6.08 Å². The zero-order valence-electron chi connectivity index (χ0n) is 16.4. The average Bonchev–Trinajstić information content (AvgIpc) is 2.45. The van der Waals surface area contributed by atoms with Crippen molar-refractivity contribution in [3.05, 3.63) is 12.2 Å². The van der Waals surface area contributed by atoms with E-state index in [4.69, 9.17) is 4.55 Å². The molecule has 0 fully saturated rings. The minimum Gasteiger partial charge on any atom is -1.00 e. The van der Waals surface area contributed by atoms with Crippen molar-refractivity contribution in [3.63, 3.8) is 0 Å². The first-order valence-corrected chi connectivity index (χ1v) is 10.8. The molecule has 0 heterocycles. The van der Waals surface area contributed by atoms with Gasteiger partial charge in [0.1, 0.15) is 0 Å². The van der Waals surface area contributed by atoms with Crippen molar-refractivity contribution in [3.8, 4) is 0 Å². The van der Waals surface area contributed by atoms with E-state index < -0.39 is 10.1 Å². The largest absolute Gasteiger partial charge is 1.00 e. The second kappa shape index (κ2) is 19.0. The fourth-order valence-corrected chi connectivity index (χ4v) is 2.97. The minimum atomic E-state index is -3.83. The molecule has 0 aromatic heterocycles. The van der Waals surface area contributed by atoms with Crippen LogP contribution in [0.1, 0.15) is 98.2 Å². The Hall–Kier alpha value is 0.650. The van der Waals surface area contributed by atoms with Crippen molar-refractivity contribution in [2.45, 2.75) is 96.8 Å². The van der Waals surface area contributed by atoms with Crippen LogP contribution in [0.25, 0.3) is 0 Å². The van der Waals surface area contributed by atoms with E-state index in [0.29, 0.717) is 0 Å². The molecule has 0 saturated heterocycles. The summed E-state index contributed by atoms with van der Waals surface area (Å²) in [6.07, 6.45) is 21.7. The average molecular weight is 357 g/mol. The zero-order valence-corrected chi connectivity index (χ0v) is 18.2. The molecule has 3 nitrogen and oxygen atoms in total. The van der Waals surface area contributed by atoms with Crippen LogP contribution in [0.15, 0.2) is 12.2 Å². The van der Waals surface area contributed by atoms with Crippen molar-refractivity contribution in [2.24, 2.45) is 0 Å². The molecule has 0 aliphatic heterocycles. The normalized spacial score (nSPS) is 11.7. The first kappa shape index (κ1) is 25.9. The molecule has 1 N–H and O–H groups in total. The van der Waals surface area contributed by atoms with Gasteiger partial charge in [-0.1, -0.05) is 96.1 Å². The monoisotopic (exact) mass is 356 g/mol. The number of hydrogen-bond donors (Lipinski definition) is 1. The second-order valence-electron chi connectivity index (χ2n) is 6.25. The Bertz CT molecular complexity index is 359. The zero-order chi connectivity index (χ0) is 16.5. The Morgan fingerprint density at radius 2 is 1.13 bits per heavy atom. The summed E-state index contributed by atoms with van der Waals surface area (Å²) >= 11 is 0. The Labute approximate surface area is 168 Å². The van der Waals surface area contributed by atoms with Gasteiger partial charge < -0.3 is 1.43 Å². The SMILES string of the molecule is CCCCCCCCCCCCCCCC=CCS(=O)(=O)O.[H-].[Na+]. The van der Waals surface area contributed by atoms with Gasteiger partial charge in [-0.05, 0) is 12.8 Å². The predicted molar refractivity (Wildman–Crippen MR) is 97.0 cm³/mol. The van der Waals surface area contributed by atoms with E-state index in [2.05, 4.69) is 6.92 Å². The number of allylic oxidation sites excluding steroid dienone is 1. The van der Waals surface area contributed by atoms with Gasteiger partial charge in [0.15, 0.2) is 0 Å². The van der Waals surface area contributed by atoms with Crippen LogP contribution < -0.4 is 29.6 Å². The molecule has 0 atom stereocenters. The van der Waals surface area contributed by atoms with E-state index in [9.17, 15) is 8.42 Å². The molecule has 134 valence electrons. The molecule has 0 bridgehead atoms. The third-order valence-electron chi connectivity index (χ3n) is 3.95. The molecule has 0 unspecified atom stereocenters. The summed E-state index contributed by atoms with van der Waals surface area (Å²) in [7, 11) is -3.83. The molecule has 0 aliphatic carbocycles. The van der Waals surface area contributed by atoms with Crippen LogP contribution in [-0.4, -0.2) is 18.7 Å². The van der Waals surface area contributed by atoms with Gasteiger partial charge in [0.25, 0.3) is 10.1 Å². The molecule has 5 heteroatoms. The number of unbranched alkanes of at least 4 members (excludes halogenated alkanes) is 13.